The van der Waals surface area contributed by atoms with Crippen molar-refractivity contribution in [3.05, 3.63) is 48.2 Å². The van der Waals surface area contributed by atoms with Crippen LogP contribution in [-0.4, -0.2) is 71.5 Å². The molecule has 9 nitrogen and oxygen atoms in total. The lowest BCUT2D eigenvalue weighted by Gasteiger charge is -2.42. The molecule has 4 atom stereocenters. The lowest BCUT2D eigenvalue weighted by Crippen LogP contribution is -2.46. The second-order valence-electron chi connectivity index (χ2n) is 13.1. The van der Waals surface area contributed by atoms with Gasteiger partial charge in [-0.2, -0.15) is 0 Å². The molecule has 3 aliphatic rings. The Bertz CT molecular complexity index is 1520. The molecule has 0 spiro atoms. The number of nitrogen functional groups attached to an aromatic ring is 1. The molecule has 0 saturated heterocycles. The predicted octanol–water partition coefficient (Wildman–Crippen LogP) is 3.96. The summed E-state index contributed by atoms with van der Waals surface area (Å²) in [6.45, 7) is 3.15. The molecule has 212 valence electrons. The maximum atomic E-state index is 10.9. The number of rotatable bonds is 8. The van der Waals surface area contributed by atoms with Crippen LogP contribution in [0.1, 0.15) is 69.3 Å². The molecule has 5 N–H and O–H groups in total. The van der Waals surface area contributed by atoms with Crippen LogP contribution in [0.2, 0.25) is 0 Å². The second-order valence-corrected chi connectivity index (χ2v) is 13.1. The molecule has 0 amide bonds. The first-order valence-electron chi connectivity index (χ1n) is 14.9. The minimum absolute atomic E-state index is 0.00307. The van der Waals surface area contributed by atoms with Gasteiger partial charge in [-0.25, -0.2) is 15.0 Å². The van der Waals surface area contributed by atoms with Crippen LogP contribution in [0.4, 0.5) is 5.82 Å². The Kier molecular flexibility index (Phi) is 6.36. The monoisotopic (exact) mass is 543 g/mol. The van der Waals surface area contributed by atoms with Gasteiger partial charge in [0, 0.05) is 31.1 Å². The molecule has 1 aromatic carbocycles. The molecule has 3 heterocycles. The zero-order valence-corrected chi connectivity index (χ0v) is 23.5. The van der Waals surface area contributed by atoms with Crippen LogP contribution in [0.3, 0.4) is 0 Å². The van der Waals surface area contributed by atoms with Crippen molar-refractivity contribution in [1.29, 1.82) is 0 Å². The zero-order valence-electron chi connectivity index (χ0n) is 23.5. The third kappa shape index (κ3) is 4.39. The van der Waals surface area contributed by atoms with Crippen molar-refractivity contribution in [2.45, 2.75) is 88.0 Å². The topological polar surface area (TPSA) is 129 Å². The van der Waals surface area contributed by atoms with Crippen molar-refractivity contribution in [3.63, 3.8) is 0 Å². The van der Waals surface area contributed by atoms with Gasteiger partial charge in [0.1, 0.15) is 29.7 Å². The van der Waals surface area contributed by atoms with Crippen LogP contribution in [0.5, 0.6) is 0 Å². The van der Waals surface area contributed by atoms with Gasteiger partial charge in [-0.1, -0.05) is 19.4 Å². The van der Waals surface area contributed by atoms with Crippen LogP contribution in [0, 0.1) is 11.8 Å². The lowest BCUT2D eigenvalue weighted by molar-refractivity contribution is -0.00658. The number of imidazole rings is 1. The molecule has 40 heavy (non-hydrogen) atoms. The van der Waals surface area contributed by atoms with Gasteiger partial charge >= 0.3 is 0 Å². The van der Waals surface area contributed by atoms with E-state index in [1.54, 1.807) is 0 Å². The molecule has 3 saturated carbocycles. The third-order valence-corrected chi connectivity index (χ3v) is 10.5. The lowest BCUT2D eigenvalue weighted by atomic mass is 9.66. The van der Waals surface area contributed by atoms with Gasteiger partial charge in [0.05, 0.1) is 28.6 Å². The molecule has 9 heteroatoms. The largest absolute Gasteiger partial charge is 0.390 e. The Morgan fingerprint density at radius 2 is 1.95 bits per heavy atom. The molecule has 0 radical (unpaired) electrons. The zero-order chi connectivity index (χ0) is 27.6. The predicted molar refractivity (Wildman–Crippen MR) is 156 cm³/mol. The highest BCUT2D eigenvalue weighted by atomic mass is 16.3. The average molecular weight is 544 g/mol. The van der Waals surface area contributed by atoms with Gasteiger partial charge < -0.3 is 30.4 Å². The summed E-state index contributed by atoms with van der Waals surface area (Å²) in [4.78, 5) is 19.3. The van der Waals surface area contributed by atoms with Crippen molar-refractivity contribution in [1.82, 2.24) is 29.4 Å². The number of anilines is 1. The number of nitrogens with two attached hydrogens (primary N) is 1. The summed E-state index contributed by atoms with van der Waals surface area (Å²) in [7, 11) is 2.16. The molecule has 7 rings (SSSR count). The van der Waals surface area contributed by atoms with E-state index in [-0.39, 0.29) is 12.0 Å². The van der Waals surface area contributed by atoms with Crippen LogP contribution in [0.25, 0.3) is 22.1 Å². The van der Waals surface area contributed by atoms with Gasteiger partial charge in [-0.3, -0.25) is 0 Å². The summed E-state index contributed by atoms with van der Waals surface area (Å²) in [5, 5.41) is 22.6. The van der Waals surface area contributed by atoms with Crippen molar-refractivity contribution >= 4 is 27.9 Å². The summed E-state index contributed by atoms with van der Waals surface area (Å²) in [6, 6.07) is 8.95. The first kappa shape index (κ1) is 25.9. The second kappa shape index (κ2) is 9.82. The molecule has 0 bridgehead atoms. The highest BCUT2D eigenvalue weighted by molar-refractivity contribution is 5.86. The van der Waals surface area contributed by atoms with Crippen LogP contribution in [-0.2, 0) is 11.8 Å². The standard InChI is InChI=1S/C31H41N7O2/c1-31(9-3-10-31)20-5-6-23-24(15-20)36-26(35-23)7-4-18-12-21(13-18)37(2)16-19-14-25(28(40)27(19)39)38-11-8-22-29(32)33-17-34-30(22)38/h5-6,8,11,15,17-19,21,25,27-28,39-40H,3-4,7,9-10,12-14,16H2,1-2H3,(H,35,36)(H2,32,33,34)/t18?,19-,21?,25-,27-,28+/m1/s1. The number of fused-ring (bicyclic) bond motifs is 2. The molecule has 3 aromatic heterocycles. The summed E-state index contributed by atoms with van der Waals surface area (Å²) in [5.41, 5.74) is 10.7. The Hall–Kier alpha value is -3.01. The number of nitrogens with one attached hydrogen (secondary N) is 1. The SMILES string of the molecule is CN(C[C@H]1C[C@@H](n2ccc3c(N)ncnc32)[C@H](O)[C@@H]1O)C1CC(CCc2nc3ccc(C4(C)CCC4)cc3[nH]2)C1. The van der Waals surface area contributed by atoms with Crippen LogP contribution >= 0.6 is 0 Å². The molecule has 3 fully saturated rings. The maximum Gasteiger partial charge on any atom is 0.145 e. The Morgan fingerprint density at radius 1 is 1.12 bits per heavy atom. The molecular weight excluding hydrogens is 502 g/mol. The minimum Gasteiger partial charge on any atom is -0.390 e. The molecule has 0 aliphatic heterocycles. The number of hydrogen-bond donors (Lipinski definition) is 4. The summed E-state index contributed by atoms with van der Waals surface area (Å²) in [5.74, 6) is 2.23. The van der Waals surface area contributed by atoms with E-state index in [4.69, 9.17) is 10.7 Å². The number of hydrogen-bond acceptors (Lipinski definition) is 7. The van der Waals surface area contributed by atoms with E-state index in [1.165, 1.54) is 49.5 Å². The average Bonchev–Trinajstić information content (AvgIpc) is 3.58. The molecule has 0 unspecified atom stereocenters. The van der Waals surface area contributed by atoms with Crippen molar-refractivity contribution in [3.8, 4) is 0 Å². The Balaban J connectivity index is 0.917. The van der Waals surface area contributed by atoms with Crippen molar-refractivity contribution < 1.29 is 10.2 Å². The van der Waals surface area contributed by atoms with Crippen LogP contribution in [0.15, 0.2) is 36.8 Å². The molecule has 4 aromatic rings. The van der Waals surface area contributed by atoms with E-state index >= 15 is 0 Å². The first-order chi connectivity index (χ1) is 19.3. The number of aliphatic hydroxyl groups is 2. The number of H-pyrrole nitrogens is 1. The number of aromatic amines is 1. The summed E-state index contributed by atoms with van der Waals surface area (Å²) in [6.07, 6.45) is 10.8. The smallest absolute Gasteiger partial charge is 0.145 e. The van der Waals surface area contributed by atoms with Crippen molar-refractivity contribution in [2.24, 2.45) is 11.8 Å². The van der Waals surface area contributed by atoms with Gasteiger partial charge in [0.15, 0.2) is 0 Å². The number of aliphatic hydroxyl groups excluding tert-OH is 2. The summed E-state index contributed by atoms with van der Waals surface area (Å²) < 4.78 is 1.95. The number of aryl methyl sites for hydroxylation is 1. The van der Waals surface area contributed by atoms with E-state index < -0.39 is 12.2 Å². The maximum absolute atomic E-state index is 10.9. The number of benzene rings is 1. The first-order valence-corrected chi connectivity index (χ1v) is 14.9. The quantitative estimate of drug-likeness (QED) is 0.265. The third-order valence-electron chi connectivity index (χ3n) is 10.5. The summed E-state index contributed by atoms with van der Waals surface area (Å²) >= 11 is 0. The normalized spacial score (nSPS) is 29.7. The Morgan fingerprint density at radius 3 is 2.73 bits per heavy atom. The van der Waals surface area contributed by atoms with Crippen LogP contribution < -0.4 is 5.73 Å². The molecular formula is C31H41N7O2. The van der Waals surface area contributed by atoms with Gasteiger partial charge in [-0.15, -0.1) is 0 Å². The number of nitrogens with zero attached hydrogens (tertiary/aromatic N) is 5. The van der Waals surface area contributed by atoms with E-state index in [2.05, 4.69) is 52.0 Å². The van der Waals surface area contributed by atoms with Crippen molar-refractivity contribution in [2.75, 3.05) is 19.3 Å². The van der Waals surface area contributed by atoms with Gasteiger partial charge in [0.2, 0.25) is 0 Å². The van der Waals surface area contributed by atoms with E-state index in [0.29, 0.717) is 35.3 Å². The Labute approximate surface area is 234 Å². The van der Waals surface area contributed by atoms with E-state index in [0.717, 1.165) is 36.1 Å². The van der Waals surface area contributed by atoms with Gasteiger partial charge in [0.25, 0.3) is 0 Å². The fraction of sp³-hybridized carbons (Fsp3) is 0.581. The van der Waals surface area contributed by atoms with E-state index in [9.17, 15) is 10.2 Å². The van der Waals surface area contributed by atoms with Gasteiger partial charge in [-0.05, 0) is 80.7 Å². The van der Waals surface area contributed by atoms with E-state index in [1.807, 2.05) is 16.8 Å². The minimum atomic E-state index is -0.837. The number of aromatic nitrogens is 5. The fourth-order valence-electron chi connectivity index (χ4n) is 7.52. The molecule has 3 aliphatic carbocycles. The fourth-order valence-corrected chi connectivity index (χ4v) is 7.52. The highest BCUT2D eigenvalue weighted by Crippen LogP contribution is 2.44. The highest BCUT2D eigenvalue weighted by Gasteiger charge is 2.44.